The molecule has 0 aromatic rings. The Hall–Kier alpha value is 1.27. The van der Waals surface area contributed by atoms with Crippen molar-refractivity contribution in [3.05, 3.63) is 0 Å². The van der Waals surface area contributed by atoms with E-state index < -0.39 is 0 Å². The number of hydrogen-bond donors (Lipinski definition) is 1. The molecule has 0 unspecified atom stereocenters. The summed E-state index contributed by atoms with van der Waals surface area (Å²) in [6.45, 7) is 1.44. The summed E-state index contributed by atoms with van der Waals surface area (Å²) in [5.41, 5.74) is 0. The van der Waals surface area contributed by atoms with E-state index in [4.69, 9.17) is 5.11 Å². The molecule has 2 nitrogen and oxygen atoms in total. The molecule has 0 aromatic heterocycles. The Morgan fingerprint density at radius 1 is 1.71 bits per heavy atom. The molecule has 0 aromatic carbocycles. The molecule has 0 saturated heterocycles. The molecule has 38 valence electrons. The zero-order valence-electron chi connectivity index (χ0n) is 3.77. The van der Waals surface area contributed by atoms with Gasteiger partial charge in [-0.15, -0.1) is 0 Å². The number of rotatable bonds is 2. The topological polar surface area (TPSA) is 37.3 Å². The minimum absolute atomic E-state index is 0. The quantitative estimate of drug-likeness (QED) is 0.500. The summed E-state index contributed by atoms with van der Waals surface area (Å²) >= 11 is 0. The Bertz CT molecular complexity index is 53.7. The molecule has 0 saturated carbocycles. The number of hydrogen-bond acceptors (Lipinski definition) is 2. The van der Waals surface area contributed by atoms with Gasteiger partial charge in [0.25, 0.3) is 0 Å². The molecule has 3 heteroatoms. The van der Waals surface area contributed by atoms with Gasteiger partial charge in [0.1, 0.15) is 5.78 Å². The monoisotopic (exact) mass is 128 g/mol. The molecule has 0 heterocycles. The van der Waals surface area contributed by atoms with E-state index in [-0.39, 0.29) is 63.8 Å². The van der Waals surface area contributed by atoms with Crippen molar-refractivity contribution in [2.24, 2.45) is 0 Å². The number of Topliss-reactive ketones (excluding diaryl/α,β-unsaturated/α-hetero) is 1. The predicted molar refractivity (Wildman–Crippen MR) is 29.5 cm³/mol. The Morgan fingerprint density at radius 2 is 2.14 bits per heavy atom. The summed E-state index contributed by atoms with van der Waals surface area (Å²) in [6.07, 6.45) is 0.292. The number of aliphatic hydroxyl groups is 1. The van der Waals surface area contributed by atoms with Gasteiger partial charge in [0.2, 0.25) is 0 Å². The van der Waals surface area contributed by atoms with Gasteiger partial charge in [-0.2, -0.15) is 0 Å². The molecule has 0 amide bonds. The van der Waals surface area contributed by atoms with Crippen LogP contribution in [0.15, 0.2) is 0 Å². The van der Waals surface area contributed by atoms with Gasteiger partial charge in [-0.25, -0.2) is 0 Å². The van der Waals surface area contributed by atoms with Crippen LogP contribution < -0.4 is 0 Å². The van der Waals surface area contributed by atoms with Crippen LogP contribution in [0.2, 0.25) is 0 Å². The van der Waals surface area contributed by atoms with Gasteiger partial charge in [-0.1, -0.05) is 0 Å². The zero-order valence-corrected chi connectivity index (χ0v) is 3.77. The maximum atomic E-state index is 9.88. The Balaban J connectivity index is 0. The fourth-order valence-electron chi connectivity index (χ4n) is 0.157. The van der Waals surface area contributed by atoms with Gasteiger partial charge in [-0.3, -0.25) is 4.79 Å². The van der Waals surface area contributed by atoms with E-state index in [0.717, 1.165) is 0 Å². The van der Waals surface area contributed by atoms with Crippen molar-refractivity contribution in [3.8, 4) is 0 Å². The Labute approximate surface area is 85.7 Å². The molecular formula is C4H9KO2. The van der Waals surface area contributed by atoms with Gasteiger partial charge in [0.15, 0.2) is 0 Å². The molecular weight excluding hydrogens is 119 g/mol. The van der Waals surface area contributed by atoms with Crippen LogP contribution in [0, 0.1) is 0 Å². The van der Waals surface area contributed by atoms with Crippen molar-refractivity contribution >= 4 is 57.2 Å². The minimum atomic E-state index is -0.0185. The van der Waals surface area contributed by atoms with Crippen molar-refractivity contribution in [1.29, 1.82) is 0 Å². The molecule has 0 fully saturated rings. The summed E-state index contributed by atoms with van der Waals surface area (Å²) in [6, 6.07) is 0. The van der Waals surface area contributed by atoms with Gasteiger partial charge < -0.3 is 5.11 Å². The van der Waals surface area contributed by atoms with Crippen LogP contribution in [0.3, 0.4) is 0 Å². The van der Waals surface area contributed by atoms with E-state index in [2.05, 4.69) is 0 Å². The van der Waals surface area contributed by atoms with Crippen LogP contribution >= 0.6 is 0 Å². The van der Waals surface area contributed by atoms with Crippen LogP contribution in [0.1, 0.15) is 13.3 Å². The predicted octanol–water partition coefficient (Wildman–Crippen LogP) is -0.691. The number of ketones is 1. The summed E-state index contributed by atoms with van der Waals surface area (Å²) in [7, 11) is 0. The third-order valence-electron chi connectivity index (χ3n) is 0.464. The number of carbonyl (C=O) groups excluding carboxylic acids is 1. The van der Waals surface area contributed by atoms with Gasteiger partial charge >= 0.3 is 51.4 Å². The molecule has 0 aliphatic carbocycles. The van der Waals surface area contributed by atoms with E-state index in [1.54, 1.807) is 0 Å². The second-order valence-corrected chi connectivity index (χ2v) is 1.18. The van der Waals surface area contributed by atoms with Crippen LogP contribution in [0.25, 0.3) is 0 Å². The van der Waals surface area contributed by atoms with E-state index in [9.17, 15) is 4.79 Å². The fraction of sp³-hybridized carbons (Fsp3) is 0.750. The third kappa shape index (κ3) is 11.1. The summed E-state index contributed by atoms with van der Waals surface area (Å²) in [4.78, 5) is 9.88. The molecule has 0 aliphatic heterocycles. The second-order valence-electron chi connectivity index (χ2n) is 1.18. The van der Waals surface area contributed by atoms with Gasteiger partial charge in [0.05, 0.1) is 0 Å². The van der Waals surface area contributed by atoms with Crippen LogP contribution in [-0.2, 0) is 4.79 Å². The van der Waals surface area contributed by atoms with Gasteiger partial charge in [0, 0.05) is 13.0 Å². The molecule has 0 spiro atoms. The number of carbonyl (C=O) groups is 1. The Kier molecular flexibility index (Phi) is 11.5. The first-order valence-corrected chi connectivity index (χ1v) is 1.87. The van der Waals surface area contributed by atoms with Crippen molar-refractivity contribution < 1.29 is 9.90 Å². The molecule has 1 N–H and O–H groups in total. The van der Waals surface area contributed by atoms with Gasteiger partial charge in [-0.05, 0) is 6.92 Å². The van der Waals surface area contributed by atoms with Crippen molar-refractivity contribution in [2.45, 2.75) is 13.3 Å². The van der Waals surface area contributed by atoms with E-state index in [1.807, 2.05) is 0 Å². The Morgan fingerprint density at radius 3 is 2.14 bits per heavy atom. The zero-order chi connectivity index (χ0) is 4.99. The second kappa shape index (κ2) is 7.27. The molecule has 0 radical (unpaired) electrons. The molecule has 0 aliphatic rings. The molecule has 0 rings (SSSR count). The standard InChI is InChI=1S/C4H8O2.K.H/c1-4(6)2-3-5;;/h5H,2-3H2,1H3;;. The van der Waals surface area contributed by atoms with E-state index >= 15 is 0 Å². The molecule has 0 atom stereocenters. The molecule has 0 bridgehead atoms. The maximum absolute atomic E-state index is 9.88. The van der Waals surface area contributed by atoms with E-state index in [1.165, 1.54) is 6.92 Å². The fourth-order valence-corrected chi connectivity index (χ4v) is 0.157. The van der Waals surface area contributed by atoms with Crippen molar-refractivity contribution in [3.63, 3.8) is 0 Å². The van der Waals surface area contributed by atoms with Crippen molar-refractivity contribution in [2.75, 3.05) is 6.61 Å². The van der Waals surface area contributed by atoms with Crippen molar-refractivity contribution in [1.82, 2.24) is 0 Å². The average molecular weight is 128 g/mol. The van der Waals surface area contributed by atoms with E-state index in [0.29, 0.717) is 6.42 Å². The summed E-state index contributed by atoms with van der Waals surface area (Å²) < 4.78 is 0. The molecule has 7 heavy (non-hydrogen) atoms. The normalized spacial score (nSPS) is 7.14. The number of aliphatic hydroxyl groups excluding tert-OH is 1. The third-order valence-corrected chi connectivity index (χ3v) is 0.464. The summed E-state index contributed by atoms with van der Waals surface area (Å²) in [5, 5.41) is 8.02. The SMILES string of the molecule is CC(=O)CCO.[KH]. The average Bonchev–Trinajstić information content (AvgIpc) is 1.35. The first-order valence-electron chi connectivity index (χ1n) is 1.87. The first kappa shape index (κ1) is 11.1. The summed E-state index contributed by atoms with van der Waals surface area (Å²) in [5.74, 6) is 0.0394. The van der Waals surface area contributed by atoms with Crippen LogP contribution in [0.5, 0.6) is 0 Å². The first-order chi connectivity index (χ1) is 2.77. The van der Waals surface area contributed by atoms with Crippen LogP contribution in [0.4, 0.5) is 0 Å². The van der Waals surface area contributed by atoms with Crippen LogP contribution in [-0.4, -0.2) is 68.9 Å².